The van der Waals surface area contributed by atoms with Crippen LogP contribution in [0.5, 0.6) is 0 Å². The molecule has 1 aromatic rings. The van der Waals surface area contributed by atoms with Gasteiger partial charge in [0, 0.05) is 33.0 Å². The summed E-state index contributed by atoms with van der Waals surface area (Å²) in [5.41, 5.74) is 7.02. The van der Waals surface area contributed by atoms with E-state index < -0.39 is 0 Å². The molecule has 0 aliphatic carbocycles. The van der Waals surface area contributed by atoms with E-state index in [9.17, 15) is 0 Å². The van der Waals surface area contributed by atoms with Gasteiger partial charge in [-0.25, -0.2) is 0 Å². The molecule has 0 aliphatic heterocycles. The van der Waals surface area contributed by atoms with Gasteiger partial charge in [0.15, 0.2) is 0 Å². The molecule has 0 fully saturated rings. The number of benzene rings is 1. The van der Waals surface area contributed by atoms with Gasteiger partial charge < -0.3 is 15.4 Å². The lowest BCUT2D eigenvalue weighted by molar-refractivity contribution is 0.172. The Labute approximate surface area is 98.2 Å². The van der Waals surface area contributed by atoms with Crippen molar-refractivity contribution >= 4 is 5.69 Å². The van der Waals surface area contributed by atoms with Crippen molar-refractivity contribution in [2.24, 2.45) is 5.73 Å². The molecular formula is C13H22N2O. The summed E-state index contributed by atoms with van der Waals surface area (Å²) >= 11 is 0. The summed E-state index contributed by atoms with van der Waals surface area (Å²) in [5, 5.41) is 0. The fraction of sp³-hybridized carbons (Fsp3) is 0.538. The molecule has 0 aliphatic rings. The Morgan fingerprint density at radius 3 is 2.44 bits per heavy atom. The molecule has 0 bridgehead atoms. The molecule has 3 heteroatoms. The average molecular weight is 222 g/mol. The molecule has 1 unspecified atom stereocenters. The van der Waals surface area contributed by atoms with Gasteiger partial charge in [-0.05, 0) is 25.5 Å². The Hall–Kier alpha value is -1.06. The molecule has 1 aromatic carbocycles. The number of ether oxygens (including phenoxy) is 1. The first-order valence-corrected chi connectivity index (χ1v) is 5.62. The number of para-hydroxylation sites is 1. The van der Waals surface area contributed by atoms with Gasteiger partial charge in [-0.2, -0.15) is 0 Å². The zero-order chi connectivity index (χ0) is 12.0. The van der Waals surface area contributed by atoms with Gasteiger partial charge in [0.1, 0.15) is 0 Å². The first-order chi connectivity index (χ1) is 7.64. The van der Waals surface area contributed by atoms with Gasteiger partial charge in [-0.3, -0.25) is 0 Å². The lowest BCUT2D eigenvalue weighted by Gasteiger charge is -2.39. The number of anilines is 1. The van der Waals surface area contributed by atoms with E-state index in [4.69, 9.17) is 10.5 Å². The number of nitrogens with zero attached hydrogens (tertiary/aromatic N) is 1. The molecule has 0 heterocycles. The number of nitrogens with two attached hydrogens (primary N) is 1. The monoisotopic (exact) mass is 222 g/mol. The van der Waals surface area contributed by atoms with Crippen LogP contribution in [-0.2, 0) is 4.74 Å². The maximum Gasteiger partial charge on any atom is 0.0514 e. The van der Waals surface area contributed by atoms with E-state index in [1.807, 2.05) is 18.2 Å². The van der Waals surface area contributed by atoms with Gasteiger partial charge in [0.05, 0.1) is 5.54 Å². The zero-order valence-corrected chi connectivity index (χ0v) is 10.4. The maximum atomic E-state index is 5.89. The topological polar surface area (TPSA) is 38.5 Å². The van der Waals surface area contributed by atoms with Crippen LogP contribution in [0.15, 0.2) is 30.3 Å². The third kappa shape index (κ3) is 2.97. The van der Waals surface area contributed by atoms with Crippen molar-refractivity contribution in [3.05, 3.63) is 30.3 Å². The minimum absolute atomic E-state index is 0.0582. The van der Waals surface area contributed by atoms with Crippen molar-refractivity contribution in [2.75, 3.05) is 32.2 Å². The van der Waals surface area contributed by atoms with Gasteiger partial charge in [0.2, 0.25) is 0 Å². The smallest absolute Gasteiger partial charge is 0.0514 e. The van der Waals surface area contributed by atoms with E-state index in [2.05, 4.69) is 31.0 Å². The summed E-state index contributed by atoms with van der Waals surface area (Å²) in [7, 11) is 3.80. The van der Waals surface area contributed by atoms with Gasteiger partial charge in [-0.15, -0.1) is 0 Å². The first-order valence-electron chi connectivity index (χ1n) is 5.62. The Kier molecular flexibility index (Phi) is 4.77. The van der Waals surface area contributed by atoms with Crippen LogP contribution in [-0.4, -0.2) is 32.8 Å². The molecule has 1 rings (SSSR count). The molecule has 0 saturated carbocycles. The van der Waals surface area contributed by atoms with E-state index in [-0.39, 0.29) is 5.54 Å². The van der Waals surface area contributed by atoms with E-state index in [1.165, 1.54) is 5.69 Å². The second kappa shape index (κ2) is 5.87. The van der Waals surface area contributed by atoms with Gasteiger partial charge in [0.25, 0.3) is 0 Å². The van der Waals surface area contributed by atoms with E-state index in [0.717, 1.165) is 13.0 Å². The minimum Gasteiger partial charge on any atom is -0.385 e. The number of methoxy groups -OCH3 is 1. The summed E-state index contributed by atoms with van der Waals surface area (Å²) in [6.45, 7) is 3.51. The van der Waals surface area contributed by atoms with E-state index in [0.29, 0.717) is 6.54 Å². The Morgan fingerprint density at radius 1 is 1.31 bits per heavy atom. The van der Waals surface area contributed by atoms with E-state index >= 15 is 0 Å². The quantitative estimate of drug-likeness (QED) is 0.798. The van der Waals surface area contributed by atoms with Crippen LogP contribution in [0.1, 0.15) is 13.3 Å². The van der Waals surface area contributed by atoms with Crippen LogP contribution in [0.2, 0.25) is 0 Å². The van der Waals surface area contributed by atoms with Crippen LogP contribution in [0.25, 0.3) is 0 Å². The SMILES string of the molecule is COCCC(C)(CN)N(C)c1ccccc1. The van der Waals surface area contributed by atoms with Crippen molar-refractivity contribution in [1.29, 1.82) is 0 Å². The maximum absolute atomic E-state index is 5.89. The molecule has 0 aromatic heterocycles. The highest BCUT2D eigenvalue weighted by molar-refractivity contribution is 5.47. The van der Waals surface area contributed by atoms with Crippen LogP contribution < -0.4 is 10.6 Å². The van der Waals surface area contributed by atoms with Gasteiger partial charge >= 0.3 is 0 Å². The fourth-order valence-corrected chi connectivity index (χ4v) is 1.69. The van der Waals surface area contributed by atoms with Crippen LogP contribution >= 0.6 is 0 Å². The predicted octanol–water partition coefficient (Wildman–Crippen LogP) is 1.88. The van der Waals surface area contributed by atoms with Crippen LogP contribution in [0.4, 0.5) is 5.69 Å². The van der Waals surface area contributed by atoms with Crippen LogP contribution in [0.3, 0.4) is 0 Å². The number of hydrogen-bond acceptors (Lipinski definition) is 3. The standard InChI is InChI=1S/C13H22N2O/c1-13(11-14,9-10-16-3)15(2)12-7-5-4-6-8-12/h4-8H,9-11,14H2,1-3H3. The Balaban J connectivity index is 2.79. The van der Waals surface area contributed by atoms with E-state index in [1.54, 1.807) is 7.11 Å². The minimum atomic E-state index is -0.0582. The highest BCUT2D eigenvalue weighted by Gasteiger charge is 2.27. The highest BCUT2D eigenvalue weighted by atomic mass is 16.5. The number of rotatable bonds is 6. The molecule has 1 atom stereocenters. The molecule has 2 N–H and O–H groups in total. The largest absolute Gasteiger partial charge is 0.385 e. The molecular weight excluding hydrogens is 200 g/mol. The normalized spacial score (nSPS) is 14.5. The molecule has 90 valence electrons. The Bertz CT molecular complexity index is 302. The molecule has 16 heavy (non-hydrogen) atoms. The summed E-state index contributed by atoms with van der Waals surface area (Å²) in [5.74, 6) is 0. The predicted molar refractivity (Wildman–Crippen MR) is 68.8 cm³/mol. The summed E-state index contributed by atoms with van der Waals surface area (Å²) < 4.78 is 5.14. The molecule has 0 saturated heterocycles. The third-order valence-corrected chi connectivity index (χ3v) is 3.24. The second-order valence-electron chi connectivity index (χ2n) is 4.34. The summed E-state index contributed by atoms with van der Waals surface area (Å²) in [4.78, 5) is 2.23. The van der Waals surface area contributed by atoms with Crippen molar-refractivity contribution in [3.8, 4) is 0 Å². The Morgan fingerprint density at radius 2 is 1.94 bits per heavy atom. The van der Waals surface area contributed by atoms with Gasteiger partial charge in [-0.1, -0.05) is 18.2 Å². The molecule has 0 amide bonds. The first kappa shape index (κ1) is 13.0. The van der Waals surface area contributed by atoms with Crippen molar-refractivity contribution in [3.63, 3.8) is 0 Å². The molecule has 0 radical (unpaired) electrons. The summed E-state index contributed by atoms with van der Waals surface area (Å²) in [6.07, 6.45) is 0.922. The molecule has 3 nitrogen and oxygen atoms in total. The lowest BCUT2D eigenvalue weighted by Crippen LogP contribution is -2.50. The van der Waals surface area contributed by atoms with Crippen molar-refractivity contribution in [2.45, 2.75) is 18.9 Å². The fourth-order valence-electron chi connectivity index (χ4n) is 1.69. The van der Waals surface area contributed by atoms with Crippen molar-refractivity contribution < 1.29 is 4.74 Å². The number of likely N-dealkylation sites (N-methyl/N-ethyl adjacent to an activating group) is 1. The van der Waals surface area contributed by atoms with Crippen LogP contribution in [0, 0.1) is 0 Å². The second-order valence-corrected chi connectivity index (χ2v) is 4.34. The average Bonchev–Trinajstić information content (AvgIpc) is 2.36. The highest BCUT2D eigenvalue weighted by Crippen LogP contribution is 2.24. The zero-order valence-electron chi connectivity index (χ0n) is 10.4. The third-order valence-electron chi connectivity index (χ3n) is 3.24. The number of hydrogen-bond donors (Lipinski definition) is 1. The lowest BCUT2D eigenvalue weighted by atomic mass is 9.95. The van der Waals surface area contributed by atoms with Crippen molar-refractivity contribution in [1.82, 2.24) is 0 Å². The molecule has 0 spiro atoms. The summed E-state index contributed by atoms with van der Waals surface area (Å²) in [6, 6.07) is 10.3.